The fourth-order valence-corrected chi connectivity index (χ4v) is 1.30. The zero-order valence-corrected chi connectivity index (χ0v) is 11.2. The van der Waals surface area contributed by atoms with Gasteiger partial charge in [-0.05, 0) is 0 Å². The van der Waals surface area contributed by atoms with Crippen molar-refractivity contribution >= 4 is 0 Å². The van der Waals surface area contributed by atoms with Crippen molar-refractivity contribution in [2.75, 3.05) is 0 Å². The van der Waals surface area contributed by atoms with Gasteiger partial charge in [-0.15, -0.1) is 0 Å². The Hall–Kier alpha value is -0.292. The smallest absolute Gasteiger partial charge is 0.0927 e. The maximum Gasteiger partial charge on any atom is -0.0927 e. The van der Waals surface area contributed by atoms with E-state index in [4.69, 9.17) is 0 Å². The molecule has 0 aliphatic heterocycles. The molecule has 0 unspecified atom stereocenters. The predicted octanol–water partition coefficient (Wildman–Crippen LogP) is 3.46. The van der Waals surface area contributed by atoms with Crippen molar-refractivity contribution in [1.29, 1.82) is 0 Å². The van der Waals surface area contributed by atoms with E-state index in [0.29, 0.717) is 0 Å². The number of benzene rings is 1. The molecule has 13 heavy (non-hydrogen) atoms. The summed E-state index contributed by atoms with van der Waals surface area (Å²) in [5.41, 5.74) is 2.62. The van der Waals surface area contributed by atoms with E-state index >= 15 is 0 Å². The molecule has 1 aromatic carbocycles. The SMILES string of the molecule is Cc1ccc(C[N]=[W])cc1.[CH2-]CC. The summed E-state index contributed by atoms with van der Waals surface area (Å²) >= 11 is 1.30. The molecule has 0 amide bonds. The van der Waals surface area contributed by atoms with Crippen LogP contribution in [0.3, 0.4) is 0 Å². The van der Waals surface area contributed by atoms with Crippen LogP contribution in [0, 0.1) is 13.8 Å². The van der Waals surface area contributed by atoms with E-state index < -0.39 is 0 Å². The topological polar surface area (TPSA) is 12.4 Å². The first-order valence-electron chi connectivity index (χ1n) is 4.38. The molecule has 0 aliphatic rings. The van der Waals surface area contributed by atoms with Crippen LogP contribution in [0.15, 0.2) is 27.8 Å². The third-order valence-electron chi connectivity index (χ3n) is 1.37. The zero-order chi connectivity index (χ0) is 10.1. The van der Waals surface area contributed by atoms with Gasteiger partial charge in [0.05, 0.1) is 0 Å². The van der Waals surface area contributed by atoms with Crippen molar-refractivity contribution in [3.63, 3.8) is 0 Å². The molecule has 0 saturated heterocycles. The van der Waals surface area contributed by atoms with Crippen molar-refractivity contribution in [1.82, 2.24) is 0 Å². The first-order valence-corrected chi connectivity index (χ1v) is 5.69. The molecule has 1 nitrogen and oxygen atoms in total. The van der Waals surface area contributed by atoms with E-state index in [1.807, 2.05) is 6.92 Å². The summed E-state index contributed by atoms with van der Waals surface area (Å²) in [5, 5.41) is 0. The average molecular weight is 346 g/mol. The number of aryl methyl sites for hydroxylation is 1. The van der Waals surface area contributed by atoms with E-state index in [-0.39, 0.29) is 0 Å². The van der Waals surface area contributed by atoms with Gasteiger partial charge in [0.15, 0.2) is 0 Å². The van der Waals surface area contributed by atoms with Crippen LogP contribution < -0.4 is 0 Å². The van der Waals surface area contributed by atoms with Gasteiger partial charge in [0, 0.05) is 0 Å². The molecule has 72 valence electrons. The van der Waals surface area contributed by atoms with Gasteiger partial charge < -0.3 is 6.92 Å². The molecular formula is C11H16NW-. The molecule has 0 spiro atoms. The minimum Gasteiger partial charge on any atom is -0.344 e. The Kier molecular flexibility index (Phi) is 8.13. The first-order chi connectivity index (χ1) is 6.24. The standard InChI is InChI=1S/C8H9N.C3H7.W/c1-7-2-4-8(6-9)5-3-7;1-3-2;/h2-5H,6H2,1H3;1,3H2,2H3;/q;-1;. The Bertz CT molecular complexity index is 228. The molecule has 0 saturated carbocycles. The summed E-state index contributed by atoms with van der Waals surface area (Å²) in [4.78, 5) is 0. The van der Waals surface area contributed by atoms with Gasteiger partial charge in [-0.3, -0.25) is 0 Å². The fraction of sp³-hybridized carbons (Fsp3) is 0.364. The van der Waals surface area contributed by atoms with Crippen molar-refractivity contribution < 1.29 is 19.6 Å². The summed E-state index contributed by atoms with van der Waals surface area (Å²) < 4.78 is 4.12. The molecule has 0 N–H and O–H groups in total. The Labute approximate surface area is 92.3 Å². The Balaban J connectivity index is 0.000000424. The fourth-order valence-electron chi connectivity index (χ4n) is 0.768. The summed E-state index contributed by atoms with van der Waals surface area (Å²) in [7, 11) is 0. The number of hydrogen-bond donors (Lipinski definition) is 0. The van der Waals surface area contributed by atoms with E-state index in [0.717, 1.165) is 13.0 Å². The quantitative estimate of drug-likeness (QED) is 0.728. The van der Waals surface area contributed by atoms with Crippen LogP contribution in [-0.2, 0) is 26.2 Å². The molecule has 0 heterocycles. The summed E-state index contributed by atoms with van der Waals surface area (Å²) in [6.45, 7) is 8.47. The molecule has 0 atom stereocenters. The third kappa shape index (κ3) is 6.83. The van der Waals surface area contributed by atoms with Gasteiger partial charge in [-0.2, -0.15) is 6.42 Å². The second-order valence-electron chi connectivity index (χ2n) is 2.77. The summed E-state index contributed by atoms with van der Waals surface area (Å²) in [6.07, 6.45) is 1.00. The van der Waals surface area contributed by atoms with E-state index in [1.165, 1.54) is 30.8 Å². The third-order valence-corrected chi connectivity index (χ3v) is 1.83. The van der Waals surface area contributed by atoms with Gasteiger partial charge >= 0.3 is 72.0 Å². The van der Waals surface area contributed by atoms with Crippen molar-refractivity contribution in [3.05, 3.63) is 42.3 Å². The molecular weight excluding hydrogens is 330 g/mol. The normalized spacial score (nSPS) is 8.54. The van der Waals surface area contributed by atoms with E-state index in [1.54, 1.807) is 0 Å². The minimum atomic E-state index is 0.871. The van der Waals surface area contributed by atoms with E-state index in [2.05, 4.69) is 41.6 Å². The maximum absolute atomic E-state index is 4.12. The van der Waals surface area contributed by atoms with E-state index in [9.17, 15) is 0 Å². The Morgan fingerprint density at radius 3 is 2.15 bits per heavy atom. The van der Waals surface area contributed by atoms with Gasteiger partial charge in [-0.25, -0.2) is 0 Å². The Morgan fingerprint density at radius 2 is 1.77 bits per heavy atom. The van der Waals surface area contributed by atoms with Crippen LogP contribution in [0.2, 0.25) is 0 Å². The molecule has 0 aromatic heterocycles. The molecule has 2 heteroatoms. The largest absolute Gasteiger partial charge is 0.344 e. The van der Waals surface area contributed by atoms with Gasteiger partial charge in [0.2, 0.25) is 0 Å². The van der Waals surface area contributed by atoms with Crippen molar-refractivity contribution in [2.24, 2.45) is 3.50 Å². The van der Waals surface area contributed by atoms with Crippen molar-refractivity contribution in [3.8, 4) is 0 Å². The first kappa shape index (κ1) is 12.7. The number of nitrogens with zero attached hydrogens (tertiary/aromatic N) is 1. The number of hydrogen-bond acceptors (Lipinski definition) is 1. The van der Waals surface area contributed by atoms with Crippen LogP contribution in [0.25, 0.3) is 0 Å². The molecule has 1 aromatic rings. The molecule has 0 bridgehead atoms. The molecule has 0 aliphatic carbocycles. The summed E-state index contributed by atoms with van der Waals surface area (Å²) in [5.74, 6) is 0. The summed E-state index contributed by atoms with van der Waals surface area (Å²) in [6, 6.07) is 8.50. The van der Waals surface area contributed by atoms with Gasteiger partial charge in [0.1, 0.15) is 0 Å². The molecule has 0 radical (unpaired) electrons. The average Bonchev–Trinajstić information content (AvgIpc) is 2.11. The van der Waals surface area contributed by atoms with Crippen molar-refractivity contribution in [2.45, 2.75) is 26.8 Å². The van der Waals surface area contributed by atoms with Crippen LogP contribution >= 0.6 is 0 Å². The molecule has 0 fully saturated rings. The zero-order valence-electron chi connectivity index (χ0n) is 8.29. The van der Waals surface area contributed by atoms with Crippen LogP contribution in [-0.4, -0.2) is 0 Å². The second kappa shape index (κ2) is 8.31. The minimum absolute atomic E-state index is 0.871. The molecule has 1 rings (SSSR count). The van der Waals surface area contributed by atoms with Crippen LogP contribution in [0.4, 0.5) is 0 Å². The monoisotopic (exact) mass is 346 g/mol. The number of rotatable bonds is 2. The van der Waals surface area contributed by atoms with Gasteiger partial charge in [0.25, 0.3) is 0 Å². The Morgan fingerprint density at radius 1 is 1.31 bits per heavy atom. The second-order valence-corrected chi connectivity index (χ2v) is 3.70. The predicted molar refractivity (Wildman–Crippen MR) is 53.0 cm³/mol. The van der Waals surface area contributed by atoms with Crippen LogP contribution in [0.5, 0.6) is 0 Å². The maximum atomic E-state index is 4.12. The van der Waals surface area contributed by atoms with Gasteiger partial charge in [-0.1, -0.05) is 6.92 Å². The van der Waals surface area contributed by atoms with Crippen LogP contribution in [0.1, 0.15) is 24.5 Å².